The molecule has 0 spiro atoms. The number of imidazole rings is 1. The summed E-state index contributed by atoms with van der Waals surface area (Å²) < 4.78 is 29.9. The van der Waals surface area contributed by atoms with Crippen LogP contribution in [0.2, 0.25) is 5.02 Å². The number of nitrogens with zero attached hydrogens (tertiary/aromatic N) is 3. The fourth-order valence-corrected chi connectivity index (χ4v) is 4.61. The minimum atomic E-state index is -3.64. The Labute approximate surface area is 157 Å². The van der Waals surface area contributed by atoms with Crippen molar-refractivity contribution >= 4 is 32.8 Å². The van der Waals surface area contributed by atoms with Crippen LogP contribution in [0.5, 0.6) is 0 Å². The molecular weight excluding hydrogens is 372 g/mol. The van der Waals surface area contributed by atoms with Crippen LogP contribution in [0.3, 0.4) is 0 Å². The highest BCUT2D eigenvalue weighted by Gasteiger charge is 2.24. The molecule has 3 aromatic rings. The molecule has 2 heterocycles. The number of pyridine rings is 1. The van der Waals surface area contributed by atoms with Gasteiger partial charge >= 0.3 is 0 Å². The first-order chi connectivity index (χ1) is 12.5. The molecule has 8 heteroatoms. The van der Waals surface area contributed by atoms with Crippen molar-refractivity contribution in [2.24, 2.45) is 0 Å². The van der Waals surface area contributed by atoms with E-state index in [9.17, 15) is 8.42 Å². The maximum atomic E-state index is 12.6. The summed E-state index contributed by atoms with van der Waals surface area (Å²) in [5.74, 6) is 0.697. The molecule has 1 aromatic carbocycles. The van der Waals surface area contributed by atoms with E-state index in [1.807, 2.05) is 12.1 Å². The largest absolute Gasteiger partial charge is 0.308 e. The lowest BCUT2D eigenvalue weighted by Gasteiger charge is -2.16. The molecule has 0 amide bonds. The maximum absolute atomic E-state index is 12.6. The predicted octanol–water partition coefficient (Wildman–Crippen LogP) is 3.68. The van der Waals surface area contributed by atoms with Crippen molar-refractivity contribution in [3.8, 4) is 0 Å². The molecule has 1 saturated carbocycles. The van der Waals surface area contributed by atoms with E-state index in [4.69, 9.17) is 11.6 Å². The lowest BCUT2D eigenvalue weighted by molar-refractivity contribution is 0.502. The summed E-state index contributed by atoms with van der Waals surface area (Å²) in [5.41, 5.74) is 1.61. The number of hydrogen-bond donors (Lipinski definition) is 1. The fraction of sp³-hybridized carbons (Fsp3) is 0.333. The maximum Gasteiger partial charge on any atom is 0.240 e. The minimum absolute atomic E-state index is 0.123. The summed E-state index contributed by atoms with van der Waals surface area (Å²) in [6, 6.07) is 10.2. The molecule has 6 nitrogen and oxygen atoms in total. The Kier molecular flexibility index (Phi) is 4.69. The molecule has 0 saturated heterocycles. The lowest BCUT2D eigenvalue weighted by Crippen LogP contribution is -2.25. The van der Waals surface area contributed by atoms with Gasteiger partial charge in [0.05, 0.1) is 11.4 Å². The zero-order chi connectivity index (χ0) is 18.1. The molecule has 0 bridgehead atoms. The van der Waals surface area contributed by atoms with Crippen LogP contribution < -0.4 is 4.72 Å². The van der Waals surface area contributed by atoms with Gasteiger partial charge in [-0.05, 0) is 49.2 Å². The first-order valence-electron chi connectivity index (χ1n) is 8.62. The summed E-state index contributed by atoms with van der Waals surface area (Å²) in [4.78, 5) is 9.27. The first-order valence-corrected chi connectivity index (χ1v) is 10.5. The molecule has 2 aromatic heterocycles. The lowest BCUT2D eigenvalue weighted by atomic mass is 10.2. The van der Waals surface area contributed by atoms with Gasteiger partial charge in [0.25, 0.3) is 0 Å². The number of aromatic nitrogens is 3. The van der Waals surface area contributed by atoms with Gasteiger partial charge in [0.1, 0.15) is 11.3 Å². The van der Waals surface area contributed by atoms with Crippen molar-refractivity contribution in [1.82, 2.24) is 19.3 Å². The van der Waals surface area contributed by atoms with Crippen molar-refractivity contribution in [1.29, 1.82) is 0 Å². The van der Waals surface area contributed by atoms with Crippen LogP contribution in [-0.4, -0.2) is 23.0 Å². The smallest absolute Gasteiger partial charge is 0.240 e. The van der Waals surface area contributed by atoms with Crippen LogP contribution in [0, 0.1) is 0 Å². The highest BCUT2D eigenvalue weighted by Crippen LogP contribution is 2.33. The number of hydrogen-bond acceptors (Lipinski definition) is 4. The summed E-state index contributed by atoms with van der Waals surface area (Å²) >= 11 is 5.84. The zero-order valence-electron chi connectivity index (χ0n) is 14.1. The second-order valence-corrected chi connectivity index (χ2v) is 8.66. The normalized spacial score (nSPS) is 15.7. The number of halogens is 1. The van der Waals surface area contributed by atoms with E-state index in [0.29, 0.717) is 16.9 Å². The molecule has 1 fully saturated rings. The van der Waals surface area contributed by atoms with Crippen LogP contribution in [-0.2, 0) is 16.6 Å². The van der Waals surface area contributed by atoms with Gasteiger partial charge in [0.2, 0.25) is 10.0 Å². The molecule has 26 heavy (non-hydrogen) atoms. The molecule has 0 radical (unpaired) electrons. The molecule has 1 aliphatic carbocycles. The molecule has 4 rings (SSSR count). The average Bonchev–Trinajstić information content (AvgIpc) is 3.27. The number of fused-ring (bicyclic) bond motifs is 1. The van der Waals surface area contributed by atoms with Gasteiger partial charge in [-0.2, -0.15) is 0 Å². The first kappa shape index (κ1) is 17.5. The molecule has 0 unspecified atom stereocenters. The van der Waals surface area contributed by atoms with Gasteiger partial charge in [0, 0.05) is 17.3 Å². The fourth-order valence-electron chi connectivity index (χ4n) is 3.50. The van der Waals surface area contributed by atoms with Gasteiger partial charge in [-0.1, -0.05) is 24.4 Å². The van der Waals surface area contributed by atoms with Gasteiger partial charge < -0.3 is 4.57 Å². The Bertz CT molecular complexity index is 1030. The minimum Gasteiger partial charge on any atom is -0.308 e. The summed E-state index contributed by atoms with van der Waals surface area (Å²) in [6.45, 7) is 0.123. The van der Waals surface area contributed by atoms with Crippen molar-refractivity contribution < 1.29 is 8.42 Å². The van der Waals surface area contributed by atoms with Crippen LogP contribution in [0.25, 0.3) is 11.2 Å². The van der Waals surface area contributed by atoms with Crippen molar-refractivity contribution in [3.05, 3.63) is 53.4 Å². The van der Waals surface area contributed by atoms with E-state index < -0.39 is 10.0 Å². The second-order valence-electron chi connectivity index (χ2n) is 6.46. The Hall–Kier alpha value is -1.96. The van der Waals surface area contributed by atoms with Crippen LogP contribution >= 0.6 is 11.6 Å². The molecule has 1 N–H and O–H groups in total. The topological polar surface area (TPSA) is 76.9 Å². The number of benzene rings is 1. The van der Waals surface area contributed by atoms with Crippen LogP contribution in [0.15, 0.2) is 47.5 Å². The molecule has 0 aliphatic heterocycles. The molecular formula is C18H19ClN4O2S. The third-order valence-corrected chi connectivity index (χ3v) is 6.43. The van der Waals surface area contributed by atoms with Crippen LogP contribution in [0.1, 0.15) is 37.5 Å². The van der Waals surface area contributed by atoms with E-state index in [1.54, 1.807) is 18.3 Å². The monoisotopic (exact) mass is 390 g/mol. The quantitative estimate of drug-likeness (QED) is 0.720. The Morgan fingerprint density at radius 3 is 2.62 bits per heavy atom. The Morgan fingerprint density at radius 1 is 1.15 bits per heavy atom. The van der Waals surface area contributed by atoms with Crippen molar-refractivity contribution in [2.45, 2.75) is 43.2 Å². The summed E-state index contributed by atoms with van der Waals surface area (Å²) in [5, 5.41) is 0.498. The van der Waals surface area contributed by atoms with Gasteiger partial charge in [-0.25, -0.2) is 23.1 Å². The highest BCUT2D eigenvalue weighted by atomic mass is 35.5. The van der Waals surface area contributed by atoms with Gasteiger partial charge in [-0.3, -0.25) is 0 Å². The van der Waals surface area contributed by atoms with Crippen molar-refractivity contribution in [2.75, 3.05) is 0 Å². The predicted molar refractivity (Wildman–Crippen MR) is 101 cm³/mol. The Balaban J connectivity index is 1.64. The number of sulfonamides is 1. The third kappa shape index (κ3) is 3.34. The standard InChI is InChI=1S/C18H19ClN4O2S/c19-13-7-9-15(10-8-13)26(24,25)21-12-17-22-16-6-3-11-20-18(16)23(17)14-4-1-2-5-14/h3,6-11,14,21H,1-2,4-5,12H2. The van der Waals surface area contributed by atoms with E-state index in [1.165, 1.54) is 25.0 Å². The van der Waals surface area contributed by atoms with Crippen molar-refractivity contribution in [3.63, 3.8) is 0 Å². The van der Waals surface area contributed by atoms with Gasteiger partial charge in [-0.15, -0.1) is 0 Å². The summed E-state index contributed by atoms with van der Waals surface area (Å²) in [6.07, 6.45) is 6.23. The number of nitrogens with one attached hydrogen (secondary N) is 1. The average molecular weight is 391 g/mol. The van der Waals surface area contributed by atoms with Gasteiger partial charge in [0.15, 0.2) is 5.65 Å². The van der Waals surface area contributed by atoms with E-state index in [-0.39, 0.29) is 11.4 Å². The van der Waals surface area contributed by atoms with E-state index in [0.717, 1.165) is 24.0 Å². The summed E-state index contributed by atoms with van der Waals surface area (Å²) in [7, 11) is -3.64. The Morgan fingerprint density at radius 2 is 1.88 bits per heavy atom. The number of rotatable bonds is 5. The molecule has 0 atom stereocenters. The van der Waals surface area contributed by atoms with E-state index >= 15 is 0 Å². The molecule has 136 valence electrons. The SMILES string of the molecule is O=S(=O)(NCc1nc2cccnc2n1C1CCCC1)c1ccc(Cl)cc1. The second kappa shape index (κ2) is 6.98. The van der Waals surface area contributed by atoms with Crippen LogP contribution in [0.4, 0.5) is 0 Å². The third-order valence-electron chi connectivity index (χ3n) is 4.76. The highest BCUT2D eigenvalue weighted by molar-refractivity contribution is 7.89. The zero-order valence-corrected chi connectivity index (χ0v) is 15.7. The molecule has 1 aliphatic rings. The van der Waals surface area contributed by atoms with E-state index in [2.05, 4.69) is 19.3 Å².